The number of isocyanates is 1. The molecule has 3 aliphatic rings. The number of carbonyl (C=O) groups excluding carboxylic acids is 2. The van der Waals surface area contributed by atoms with Crippen LogP contribution < -0.4 is 34.8 Å². The predicted molar refractivity (Wildman–Crippen MR) is 546 cm³/mol. The fraction of sp³-hybridized carbons (Fsp3) is 0.451. The molecule has 6 aromatic carbocycles. The number of nitro groups is 2. The van der Waals surface area contributed by atoms with Crippen LogP contribution in [0.4, 0.5) is 55.8 Å². The molecule has 0 radical (unpaired) electrons. The number of nitro benzene ring substituents is 1. The van der Waals surface area contributed by atoms with E-state index in [9.17, 15) is 34.2 Å². The number of rotatable bonds is 33. The van der Waals surface area contributed by atoms with Gasteiger partial charge in [0.15, 0.2) is 17.3 Å². The number of hydrogen-bond donors (Lipinski definition) is 3. The fourth-order valence-corrected chi connectivity index (χ4v) is 43.4. The molecule has 0 saturated carbocycles. The largest absolute Gasteiger partial charge is 0.399 e. The standard InChI is InChI=1S/C33H32FN7O2.C15H18N4O3.C15H20N4O.C7H4ClNO.C4H4NO.6C4H9.C2H5NO2.C2H.2Sn/c1-21-4-5-24(19-30(21)38-33-35-11-10-29(37-33)23-6-8-26(34)9-7-23)32(42)36-27-17-25(31-16-22(2)39-43-31)18-28(20-27)41-14-12-40(3)13-15-41;1-11-7-15(22-16-11)12-8-13(10-14(9-12)19(20)21)18-5-3-17(2)4-6-18;1-11-7-15(20-17-11)12-8-13(16)10-14(9-12)19-5-3-18(2)4-6-19;8-6-2-1-3-7(4-6)9-5-10;1-4-2-3-6-5-4;6*1-3-4-2;1-2-3(4)5;1-2;;/h4-11,16-20H,12-15H2,1-3H3,(H,36,42)(H,35,37,38);7-10H,3-6H2,1-2H3;7-10H,3-6,16H2,1-2H3;1-4H;2H,1H3;6*1,3-4H2,2H3;2H2,1H3;1H;;. The van der Waals surface area contributed by atoms with Gasteiger partial charge in [-0.25, -0.2) is 19.2 Å². The first kappa shape index (κ1) is 108. The van der Waals surface area contributed by atoms with E-state index in [0.717, 1.165) is 152 Å². The van der Waals surface area contributed by atoms with Crippen molar-refractivity contribution in [1.82, 2.24) is 45.3 Å². The molecule has 4 N–H and O–H groups in total. The van der Waals surface area contributed by atoms with Gasteiger partial charge in [0.05, 0.1) is 33.4 Å². The fourth-order valence-electron chi connectivity index (χ4n) is 15.7. The first-order valence-electron chi connectivity index (χ1n) is 47.1. The van der Waals surface area contributed by atoms with Crippen LogP contribution in [-0.2, 0) is 4.79 Å². The second-order valence-electron chi connectivity index (χ2n) is 34.8. The summed E-state index contributed by atoms with van der Waals surface area (Å²) in [6.07, 6.45) is 25.1. The molecule has 718 valence electrons. The Morgan fingerprint density at radius 1 is 0.537 bits per heavy atom. The number of piperazine rings is 3. The molecule has 0 atom stereocenters. The maximum atomic E-state index is 13.5. The Morgan fingerprint density at radius 3 is 1.41 bits per heavy atom. The first-order chi connectivity index (χ1) is 64.5. The van der Waals surface area contributed by atoms with Crippen LogP contribution in [0.15, 0.2) is 181 Å². The van der Waals surface area contributed by atoms with Crippen LogP contribution in [-0.4, -0.2) is 210 Å². The molecule has 3 aliphatic heterocycles. The number of terminal acetylenes is 1. The van der Waals surface area contributed by atoms with Gasteiger partial charge in [0, 0.05) is 194 Å². The maximum absolute atomic E-state index is 13.5. The molecule has 0 spiro atoms. The molecule has 8 heterocycles. The number of carbonyl (C=O) groups is 1. The van der Waals surface area contributed by atoms with Crippen molar-refractivity contribution in [1.29, 1.82) is 0 Å². The van der Waals surface area contributed by atoms with E-state index in [2.05, 4.69) is 167 Å². The molecular weight excluding hydrogens is 1930 g/mol. The van der Waals surface area contributed by atoms with Gasteiger partial charge in [-0.2, -0.15) is 4.99 Å². The van der Waals surface area contributed by atoms with Gasteiger partial charge < -0.3 is 59.3 Å². The number of nitrogens with one attached hydrogen (secondary N) is 2. The molecule has 28 nitrogen and oxygen atoms in total. The van der Waals surface area contributed by atoms with E-state index in [1.807, 2.05) is 76.2 Å². The average molecular weight is 2070 g/mol. The minimum absolute atomic E-state index is 0.0278. The van der Waals surface area contributed by atoms with Crippen LogP contribution in [0.3, 0.4) is 0 Å². The maximum Gasteiger partial charge on any atom is 0.272 e. The van der Waals surface area contributed by atoms with Gasteiger partial charge in [0.1, 0.15) is 5.82 Å². The third kappa shape index (κ3) is 35.4. The first-order valence-corrected chi connectivity index (χ1v) is 62.4. The molecule has 14 rings (SSSR count). The summed E-state index contributed by atoms with van der Waals surface area (Å²) in [4.78, 5) is 68.9. The number of likely N-dealkylation sites (N-methyl/N-ethyl adjacent to an activating group) is 3. The Morgan fingerprint density at radius 2 is 0.985 bits per heavy atom. The quantitative estimate of drug-likeness (QED) is 0.00654. The molecule has 32 heteroatoms. The van der Waals surface area contributed by atoms with Crippen molar-refractivity contribution >= 4 is 116 Å². The summed E-state index contributed by atoms with van der Waals surface area (Å²) < 4.78 is 48.7. The second-order valence-corrected chi connectivity index (χ2v) is 60.7. The summed E-state index contributed by atoms with van der Waals surface area (Å²) in [6.45, 7) is 36.4. The number of anilines is 7. The Balaban J connectivity index is 0.000000208. The van der Waals surface area contributed by atoms with Crippen molar-refractivity contribution in [3.63, 3.8) is 0 Å². The predicted octanol–water partition coefficient (Wildman–Crippen LogP) is 23.2. The van der Waals surface area contributed by atoms with E-state index >= 15 is 0 Å². The smallest absolute Gasteiger partial charge is 0.272 e. The number of non-ortho nitro benzene ring substituents is 1. The molecule has 1 amide bonds. The number of aryl methyl sites for hydroxylation is 5. The van der Waals surface area contributed by atoms with Gasteiger partial charge in [0.25, 0.3) is 11.6 Å². The second kappa shape index (κ2) is 56.5. The third-order valence-electron chi connectivity index (χ3n) is 23.9. The number of aliphatic imine (C=N–C) groups is 1. The van der Waals surface area contributed by atoms with Gasteiger partial charge in [-0.3, -0.25) is 25.0 Å². The molecule has 0 unspecified atom stereocenters. The number of nitrogens with two attached hydrogens (primary N) is 1. The Hall–Kier alpha value is -10.9. The number of aromatic nitrogens is 6. The molecule has 3 saturated heterocycles. The number of nitrogens with zero attached hydrogens (tertiary/aromatic N) is 15. The van der Waals surface area contributed by atoms with Crippen LogP contribution in [0, 0.1) is 71.0 Å². The summed E-state index contributed by atoms with van der Waals surface area (Å²) in [5, 5.41) is 43.3. The van der Waals surface area contributed by atoms with Crippen LogP contribution in [0.2, 0.25) is 31.6 Å². The number of nitrogen functional groups attached to an aromatic ring is 1. The minimum Gasteiger partial charge on any atom is -0.399 e. The van der Waals surface area contributed by atoms with Crippen LogP contribution in [0.5, 0.6) is 0 Å². The molecular formula is C102H138ClFN18O10Sn2. The van der Waals surface area contributed by atoms with Crippen molar-refractivity contribution in [2.24, 2.45) is 4.99 Å². The molecule has 0 aliphatic carbocycles. The molecule has 11 aromatic rings. The number of hydrogen-bond acceptors (Lipinski definition) is 25. The molecule has 3 fully saturated rings. The van der Waals surface area contributed by atoms with Crippen molar-refractivity contribution in [2.45, 2.75) is 187 Å². The third-order valence-corrected chi connectivity index (χ3v) is 51.9. The zero-order valence-electron chi connectivity index (χ0n) is 81.1. The van der Waals surface area contributed by atoms with Crippen LogP contribution in [0.1, 0.15) is 164 Å². The van der Waals surface area contributed by atoms with Crippen molar-refractivity contribution in [3.8, 4) is 55.6 Å². The number of halogens is 2. The van der Waals surface area contributed by atoms with Gasteiger partial charge in [-0.1, -0.05) is 39.2 Å². The van der Waals surface area contributed by atoms with Crippen LogP contribution >= 0.6 is 11.6 Å². The van der Waals surface area contributed by atoms with E-state index < -0.39 is 36.8 Å². The summed E-state index contributed by atoms with van der Waals surface area (Å²) in [6, 6.07) is 45.1. The molecule has 5 aromatic heterocycles. The van der Waals surface area contributed by atoms with E-state index in [0.29, 0.717) is 56.4 Å². The molecule has 0 bridgehead atoms. The summed E-state index contributed by atoms with van der Waals surface area (Å²) in [7, 11) is 6.35. The summed E-state index contributed by atoms with van der Waals surface area (Å²) >= 11 is 1.20. The number of unbranched alkanes of at least 4 members (excludes halogenated alkanes) is 6. The minimum atomic E-state index is -2.30. The summed E-state index contributed by atoms with van der Waals surface area (Å²) in [5.41, 5.74) is 20.6. The number of benzene rings is 6. The van der Waals surface area contributed by atoms with Gasteiger partial charge in [-0.05, 0) is 158 Å². The average Bonchev–Trinajstić information content (AvgIpc) is 1.77. The monoisotopic (exact) mass is 2070 g/mol. The van der Waals surface area contributed by atoms with E-state index in [4.69, 9.17) is 41.9 Å². The van der Waals surface area contributed by atoms with E-state index in [1.54, 1.807) is 72.9 Å². The van der Waals surface area contributed by atoms with E-state index in [1.165, 1.54) is 139 Å². The number of amides is 1. The van der Waals surface area contributed by atoms with Crippen molar-refractivity contribution < 1.29 is 41.9 Å². The Bertz CT molecular complexity index is 5490. The van der Waals surface area contributed by atoms with Crippen molar-refractivity contribution in [2.75, 3.05) is 137 Å². The zero-order valence-corrected chi connectivity index (χ0v) is 87.6. The van der Waals surface area contributed by atoms with Crippen LogP contribution in [0.25, 0.3) is 45.2 Å². The van der Waals surface area contributed by atoms with Crippen molar-refractivity contribution in [3.05, 3.63) is 223 Å². The normalized spacial score (nSPS) is 13.4. The van der Waals surface area contributed by atoms with Gasteiger partial charge in [-0.15, -0.1) is 0 Å². The Labute approximate surface area is 804 Å². The van der Waals surface area contributed by atoms with Gasteiger partial charge in [0.2, 0.25) is 18.6 Å². The topological polar surface area (TPSA) is 332 Å². The SMILES string of the molecule is C#[C][Sn]([CH2]CCC)([CH2]CCC)[CH2]CCC.CCC[CH2][Sn]([CH2]CCC)([CH2]CCC)[c]1cc(C)no1.CC[N+](=O)[O-].Cc1cc(-c2cc(N)cc(N3CCN(C)CC3)c2)on1.Cc1cc(-c2cc(N3CCN(C)CC3)cc([N+](=O)[O-])c2)on1.Cc1cc(-c2cc(NC(=O)c3ccc(C)c(Nc4nccc(-c5ccc(F)cc5)n4)c3)cc(N3CCN(C)CC3)c2)on1.O=C=Nc1cccc(Cl)c1. The molecule has 134 heavy (non-hydrogen) atoms. The summed E-state index contributed by atoms with van der Waals surface area (Å²) in [5.74, 6) is 1.78. The van der Waals surface area contributed by atoms with E-state index in [-0.39, 0.29) is 33.8 Å². The van der Waals surface area contributed by atoms with Gasteiger partial charge >= 0.3 is 224 Å². The Kier molecular flexibility index (Phi) is 45.7. The zero-order chi connectivity index (χ0) is 97.1.